The van der Waals surface area contributed by atoms with E-state index in [-0.39, 0.29) is 0 Å². The number of aromatic nitrogens is 2. The van der Waals surface area contributed by atoms with Gasteiger partial charge in [-0.05, 0) is 12.1 Å². The van der Waals surface area contributed by atoms with Gasteiger partial charge < -0.3 is 0 Å². The number of pyridine rings is 2. The maximum Gasteiger partial charge on any atom is 0.211 e. The average molecular weight is 233 g/mol. The molecule has 3 aromatic rings. The molecule has 0 aliphatic carbocycles. The first-order valence-electron chi connectivity index (χ1n) is 5.92. The summed E-state index contributed by atoms with van der Waals surface area (Å²) in [6.07, 6.45) is 5.90. The van der Waals surface area contributed by atoms with Gasteiger partial charge in [0.15, 0.2) is 12.4 Å². The molecule has 2 nitrogen and oxygen atoms in total. The SMILES string of the molecule is c1cc[n+](-c2cccc(-c3ccccn3)c2)cc1. The summed E-state index contributed by atoms with van der Waals surface area (Å²) in [5.41, 5.74) is 3.26. The lowest BCUT2D eigenvalue weighted by molar-refractivity contribution is -0.595. The molecule has 0 aliphatic rings. The zero-order valence-electron chi connectivity index (χ0n) is 9.90. The molecule has 2 heterocycles. The van der Waals surface area contributed by atoms with Crippen LogP contribution in [-0.4, -0.2) is 4.98 Å². The van der Waals surface area contributed by atoms with Crippen molar-refractivity contribution in [1.82, 2.24) is 4.98 Å². The Hall–Kier alpha value is -2.48. The van der Waals surface area contributed by atoms with Gasteiger partial charge in [-0.3, -0.25) is 4.98 Å². The van der Waals surface area contributed by atoms with Crippen molar-refractivity contribution in [1.29, 1.82) is 0 Å². The zero-order chi connectivity index (χ0) is 12.2. The first-order valence-corrected chi connectivity index (χ1v) is 5.92. The molecule has 0 saturated heterocycles. The lowest BCUT2D eigenvalue weighted by Crippen LogP contribution is -2.28. The van der Waals surface area contributed by atoms with Crippen LogP contribution in [0.25, 0.3) is 16.9 Å². The minimum atomic E-state index is 0.996. The maximum atomic E-state index is 4.37. The second-order valence-electron chi connectivity index (χ2n) is 4.05. The molecular formula is C16H13N2+. The van der Waals surface area contributed by atoms with E-state index in [0.29, 0.717) is 0 Å². The zero-order valence-corrected chi connectivity index (χ0v) is 9.90. The first-order chi connectivity index (χ1) is 8.93. The van der Waals surface area contributed by atoms with Crippen molar-refractivity contribution in [2.45, 2.75) is 0 Å². The van der Waals surface area contributed by atoms with Crippen LogP contribution in [0.3, 0.4) is 0 Å². The Kier molecular flexibility index (Phi) is 2.84. The molecule has 0 amide bonds. The molecule has 0 radical (unpaired) electrons. The quantitative estimate of drug-likeness (QED) is 0.622. The molecule has 0 bridgehead atoms. The highest BCUT2D eigenvalue weighted by Crippen LogP contribution is 2.17. The minimum Gasteiger partial charge on any atom is -0.256 e. The van der Waals surface area contributed by atoms with Crippen LogP contribution in [0.1, 0.15) is 0 Å². The number of rotatable bonds is 2. The fraction of sp³-hybridized carbons (Fsp3) is 0. The van der Waals surface area contributed by atoms with E-state index in [2.05, 4.69) is 33.8 Å². The van der Waals surface area contributed by atoms with Crippen molar-refractivity contribution in [3.8, 4) is 16.9 Å². The number of nitrogens with zero attached hydrogens (tertiary/aromatic N) is 2. The molecule has 0 N–H and O–H groups in total. The van der Waals surface area contributed by atoms with Gasteiger partial charge in [0.25, 0.3) is 0 Å². The number of benzene rings is 1. The highest BCUT2D eigenvalue weighted by Gasteiger charge is 2.06. The van der Waals surface area contributed by atoms with E-state index >= 15 is 0 Å². The van der Waals surface area contributed by atoms with Crippen molar-refractivity contribution in [3.05, 3.63) is 79.3 Å². The molecule has 0 aliphatic heterocycles. The van der Waals surface area contributed by atoms with Gasteiger partial charge in [-0.25, -0.2) is 0 Å². The third kappa shape index (κ3) is 2.13. The van der Waals surface area contributed by atoms with Crippen LogP contribution < -0.4 is 4.57 Å². The van der Waals surface area contributed by atoms with Crippen LogP contribution >= 0.6 is 0 Å². The van der Waals surface area contributed by atoms with Crippen molar-refractivity contribution in [3.63, 3.8) is 0 Å². The summed E-state index contributed by atoms with van der Waals surface area (Å²) in [6, 6.07) is 20.4. The molecule has 0 fully saturated rings. The van der Waals surface area contributed by atoms with E-state index in [1.54, 1.807) is 0 Å². The monoisotopic (exact) mass is 233 g/mol. The summed E-state index contributed by atoms with van der Waals surface area (Å²) in [4.78, 5) is 4.37. The Morgan fingerprint density at radius 1 is 0.778 bits per heavy atom. The van der Waals surface area contributed by atoms with Gasteiger partial charge in [0.05, 0.1) is 5.69 Å². The second-order valence-corrected chi connectivity index (χ2v) is 4.05. The van der Waals surface area contributed by atoms with Crippen molar-refractivity contribution in [2.75, 3.05) is 0 Å². The minimum absolute atomic E-state index is 0.996. The van der Waals surface area contributed by atoms with E-state index in [1.165, 1.54) is 0 Å². The van der Waals surface area contributed by atoms with Gasteiger partial charge in [0.2, 0.25) is 5.69 Å². The van der Waals surface area contributed by atoms with E-state index in [0.717, 1.165) is 16.9 Å². The Morgan fingerprint density at radius 2 is 1.67 bits per heavy atom. The number of hydrogen-bond donors (Lipinski definition) is 0. The number of hydrogen-bond acceptors (Lipinski definition) is 1. The lowest BCUT2D eigenvalue weighted by Gasteiger charge is -2.01. The van der Waals surface area contributed by atoms with E-state index < -0.39 is 0 Å². The molecule has 1 aromatic carbocycles. The Bertz CT molecular complexity index is 579. The van der Waals surface area contributed by atoms with Crippen LogP contribution in [-0.2, 0) is 0 Å². The predicted molar refractivity (Wildman–Crippen MR) is 71.2 cm³/mol. The smallest absolute Gasteiger partial charge is 0.211 e. The van der Waals surface area contributed by atoms with Crippen molar-refractivity contribution >= 4 is 0 Å². The molecule has 0 saturated carbocycles. The molecule has 86 valence electrons. The van der Waals surface area contributed by atoms with Gasteiger partial charge in [-0.1, -0.05) is 24.3 Å². The summed E-state index contributed by atoms with van der Waals surface area (Å²) in [5.74, 6) is 0. The largest absolute Gasteiger partial charge is 0.256 e. The lowest BCUT2D eigenvalue weighted by atomic mass is 10.1. The van der Waals surface area contributed by atoms with E-state index in [9.17, 15) is 0 Å². The first kappa shape index (κ1) is 10.7. The van der Waals surface area contributed by atoms with Crippen LogP contribution in [0.5, 0.6) is 0 Å². The Morgan fingerprint density at radius 3 is 2.44 bits per heavy atom. The highest BCUT2D eigenvalue weighted by molar-refractivity contribution is 5.60. The summed E-state index contributed by atoms with van der Waals surface area (Å²) < 4.78 is 2.09. The highest BCUT2D eigenvalue weighted by atomic mass is 14.9. The molecular weight excluding hydrogens is 220 g/mol. The van der Waals surface area contributed by atoms with Crippen LogP contribution in [0.15, 0.2) is 79.3 Å². The second kappa shape index (κ2) is 4.80. The van der Waals surface area contributed by atoms with E-state index in [4.69, 9.17) is 0 Å². The van der Waals surface area contributed by atoms with Crippen LogP contribution in [0.2, 0.25) is 0 Å². The molecule has 0 spiro atoms. The summed E-state index contributed by atoms with van der Waals surface area (Å²) in [6.45, 7) is 0. The summed E-state index contributed by atoms with van der Waals surface area (Å²) in [7, 11) is 0. The fourth-order valence-electron chi connectivity index (χ4n) is 1.93. The molecule has 0 atom stereocenters. The normalized spacial score (nSPS) is 10.2. The molecule has 18 heavy (non-hydrogen) atoms. The van der Waals surface area contributed by atoms with Gasteiger partial charge in [0, 0.05) is 36.0 Å². The fourth-order valence-corrected chi connectivity index (χ4v) is 1.93. The molecule has 3 rings (SSSR count). The standard InChI is InChI=1S/C16H13N2/c1-4-11-18(12-5-1)15-8-6-7-14(13-15)16-9-2-3-10-17-16/h1-13H/q+1. The predicted octanol–water partition coefficient (Wildman–Crippen LogP) is 3.03. The van der Waals surface area contributed by atoms with Gasteiger partial charge >= 0.3 is 0 Å². The van der Waals surface area contributed by atoms with Crippen molar-refractivity contribution < 1.29 is 4.57 Å². The topological polar surface area (TPSA) is 16.8 Å². The third-order valence-corrected chi connectivity index (χ3v) is 2.82. The van der Waals surface area contributed by atoms with Crippen LogP contribution in [0.4, 0.5) is 0 Å². The van der Waals surface area contributed by atoms with Crippen molar-refractivity contribution in [2.24, 2.45) is 0 Å². The Balaban J connectivity index is 2.05. The average Bonchev–Trinajstić information content (AvgIpc) is 2.49. The van der Waals surface area contributed by atoms with Gasteiger partial charge in [0.1, 0.15) is 0 Å². The molecule has 0 unspecified atom stereocenters. The summed E-state index contributed by atoms with van der Waals surface area (Å²) >= 11 is 0. The van der Waals surface area contributed by atoms with Crippen LogP contribution in [0, 0.1) is 0 Å². The maximum absolute atomic E-state index is 4.37. The van der Waals surface area contributed by atoms with Gasteiger partial charge in [-0.15, -0.1) is 0 Å². The molecule has 2 heteroatoms. The Labute approximate surface area is 106 Å². The van der Waals surface area contributed by atoms with Gasteiger partial charge in [-0.2, -0.15) is 4.57 Å². The summed E-state index contributed by atoms with van der Waals surface area (Å²) in [5, 5.41) is 0. The molecule has 2 aromatic heterocycles. The third-order valence-electron chi connectivity index (χ3n) is 2.82. The van der Waals surface area contributed by atoms with E-state index in [1.807, 2.05) is 55.0 Å².